The molecule has 2 rings (SSSR count). The van der Waals surface area contributed by atoms with Crippen LogP contribution >= 0.6 is 0 Å². The molecule has 0 atom stereocenters. The predicted octanol–water partition coefficient (Wildman–Crippen LogP) is 3.49. The van der Waals surface area contributed by atoms with Crippen molar-refractivity contribution in [3.63, 3.8) is 0 Å². The Morgan fingerprint density at radius 3 is 2.47 bits per heavy atom. The van der Waals surface area contributed by atoms with E-state index in [1.165, 1.54) is 18.5 Å². The van der Waals surface area contributed by atoms with Gasteiger partial charge in [0, 0.05) is 17.8 Å². The summed E-state index contributed by atoms with van der Waals surface area (Å²) in [6, 6.07) is 6.18. The van der Waals surface area contributed by atoms with Crippen molar-refractivity contribution < 1.29 is 4.39 Å². The molecule has 1 heterocycles. The summed E-state index contributed by atoms with van der Waals surface area (Å²) in [6.45, 7) is 4.92. The molecule has 0 aliphatic carbocycles. The number of aromatic nitrogens is 2. The van der Waals surface area contributed by atoms with Gasteiger partial charge in [-0.25, -0.2) is 14.4 Å². The van der Waals surface area contributed by atoms with Gasteiger partial charge >= 0.3 is 0 Å². The van der Waals surface area contributed by atoms with Crippen LogP contribution in [0.5, 0.6) is 0 Å². The number of nitrogens with one attached hydrogen (secondary N) is 2. The van der Waals surface area contributed by atoms with Crippen LogP contribution in [0.4, 0.5) is 21.7 Å². The lowest BCUT2D eigenvalue weighted by atomic mass is 10.2. The van der Waals surface area contributed by atoms with Gasteiger partial charge in [-0.1, -0.05) is 6.92 Å². The fourth-order valence-corrected chi connectivity index (χ4v) is 1.67. The molecule has 1 aromatic heterocycles. The highest BCUT2D eigenvalue weighted by atomic mass is 19.1. The van der Waals surface area contributed by atoms with Gasteiger partial charge in [0.05, 0.1) is 0 Å². The van der Waals surface area contributed by atoms with Crippen LogP contribution < -0.4 is 10.6 Å². The number of anilines is 3. The number of hydrogen-bond donors (Lipinski definition) is 2. The van der Waals surface area contributed by atoms with Crippen LogP contribution in [-0.4, -0.2) is 16.5 Å². The molecule has 0 bridgehead atoms. The fraction of sp³-hybridized carbons (Fsp3) is 0.286. The van der Waals surface area contributed by atoms with Crippen LogP contribution in [0.1, 0.15) is 18.9 Å². The van der Waals surface area contributed by atoms with E-state index in [0.717, 1.165) is 35.9 Å². The number of rotatable bonds is 5. The molecule has 0 amide bonds. The van der Waals surface area contributed by atoms with Gasteiger partial charge in [-0.3, -0.25) is 0 Å². The van der Waals surface area contributed by atoms with Crippen molar-refractivity contribution in [1.82, 2.24) is 9.97 Å². The molecule has 0 fully saturated rings. The van der Waals surface area contributed by atoms with Gasteiger partial charge in [0.15, 0.2) is 0 Å². The molecular weight excluding hydrogens is 243 g/mol. The first kappa shape index (κ1) is 13.3. The Bertz CT molecular complexity index is 540. The van der Waals surface area contributed by atoms with Gasteiger partial charge in [0.2, 0.25) is 0 Å². The van der Waals surface area contributed by atoms with Gasteiger partial charge in [0.25, 0.3) is 0 Å². The number of hydrogen-bond acceptors (Lipinski definition) is 4. The van der Waals surface area contributed by atoms with Crippen molar-refractivity contribution in [3.8, 4) is 0 Å². The zero-order valence-corrected chi connectivity index (χ0v) is 11.1. The molecule has 2 aromatic rings. The average Bonchev–Trinajstić information content (AvgIpc) is 2.42. The first-order valence-electron chi connectivity index (χ1n) is 6.28. The van der Waals surface area contributed by atoms with E-state index in [2.05, 4.69) is 27.5 Å². The third-order valence-corrected chi connectivity index (χ3v) is 2.73. The summed E-state index contributed by atoms with van der Waals surface area (Å²) < 4.78 is 12.8. The number of benzene rings is 1. The average molecular weight is 260 g/mol. The molecule has 0 spiro atoms. The second-order valence-electron chi connectivity index (χ2n) is 4.25. The third-order valence-electron chi connectivity index (χ3n) is 2.73. The number of nitrogens with zero attached hydrogens (tertiary/aromatic N) is 2. The smallest absolute Gasteiger partial charge is 0.138 e. The van der Waals surface area contributed by atoms with Crippen LogP contribution in [-0.2, 0) is 0 Å². The van der Waals surface area contributed by atoms with E-state index in [0.29, 0.717) is 0 Å². The molecule has 0 saturated carbocycles. The van der Waals surface area contributed by atoms with E-state index >= 15 is 0 Å². The Morgan fingerprint density at radius 1 is 1.11 bits per heavy atom. The molecule has 0 saturated heterocycles. The van der Waals surface area contributed by atoms with Crippen molar-refractivity contribution >= 4 is 17.3 Å². The predicted molar refractivity (Wildman–Crippen MR) is 75.2 cm³/mol. The Labute approximate surface area is 112 Å². The summed E-state index contributed by atoms with van der Waals surface area (Å²) in [5, 5.41) is 6.41. The topological polar surface area (TPSA) is 49.8 Å². The Morgan fingerprint density at radius 2 is 1.79 bits per heavy atom. The highest BCUT2D eigenvalue weighted by Gasteiger charge is 2.06. The van der Waals surface area contributed by atoms with Gasteiger partial charge in [-0.2, -0.15) is 0 Å². The first-order valence-corrected chi connectivity index (χ1v) is 6.28. The maximum atomic E-state index is 12.8. The largest absolute Gasteiger partial charge is 0.370 e. The van der Waals surface area contributed by atoms with Crippen molar-refractivity contribution in [2.45, 2.75) is 20.3 Å². The van der Waals surface area contributed by atoms with Crippen LogP contribution in [0.15, 0.2) is 30.6 Å². The number of halogens is 1. The Kier molecular flexibility index (Phi) is 4.28. The Hall–Kier alpha value is -2.17. The molecule has 100 valence electrons. The molecule has 0 unspecified atom stereocenters. The standard InChI is InChI=1S/C14H17FN4/c1-3-8-16-13-10(2)14(18-9-17-13)19-12-6-4-11(15)5-7-12/h4-7,9H,3,8H2,1-2H3,(H2,16,17,18,19). The van der Waals surface area contributed by atoms with Gasteiger partial charge in [-0.05, 0) is 37.6 Å². The lowest BCUT2D eigenvalue weighted by Gasteiger charge is -2.12. The van der Waals surface area contributed by atoms with Gasteiger partial charge in [0.1, 0.15) is 23.8 Å². The SMILES string of the molecule is CCCNc1ncnc(Nc2ccc(F)cc2)c1C. The summed E-state index contributed by atoms with van der Waals surface area (Å²) in [5.74, 6) is 1.29. The van der Waals surface area contributed by atoms with Crippen molar-refractivity contribution in [1.29, 1.82) is 0 Å². The normalized spacial score (nSPS) is 10.3. The maximum absolute atomic E-state index is 12.8. The van der Waals surface area contributed by atoms with Crippen molar-refractivity contribution in [2.24, 2.45) is 0 Å². The van der Waals surface area contributed by atoms with Crippen LogP contribution in [0.3, 0.4) is 0 Å². The van der Waals surface area contributed by atoms with Crippen LogP contribution in [0.25, 0.3) is 0 Å². The van der Waals surface area contributed by atoms with E-state index in [-0.39, 0.29) is 5.82 Å². The summed E-state index contributed by atoms with van der Waals surface area (Å²) in [7, 11) is 0. The van der Waals surface area contributed by atoms with E-state index in [9.17, 15) is 4.39 Å². The minimum Gasteiger partial charge on any atom is -0.370 e. The monoisotopic (exact) mass is 260 g/mol. The molecule has 0 aliphatic heterocycles. The highest BCUT2D eigenvalue weighted by molar-refractivity contribution is 5.64. The minimum absolute atomic E-state index is 0.254. The maximum Gasteiger partial charge on any atom is 0.138 e. The lowest BCUT2D eigenvalue weighted by Crippen LogP contribution is -2.06. The van der Waals surface area contributed by atoms with Gasteiger partial charge in [-0.15, -0.1) is 0 Å². The quantitative estimate of drug-likeness (QED) is 0.864. The van der Waals surface area contributed by atoms with Crippen molar-refractivity contribution in [3.05, 3.63) is 42.0 Å². The molecule has 5 heteroatoms. The van der Waals surface area contributed by atoms with E-state index in [1.54, 1.807) is 12.1 Å². The fourth-order valence-electron chi connectivity index (χ4n) is 1.67. The minimum atomic E-state index is -0.254. The molecular formula is C14H17FN4. The summed E-state index contributed by atoms with van der Waals surface area (Å²) in [5.41, 5.74) is 1.74. The second kappa shape index (κ2) is 6.13. The van der Waals surface area contributed by atoms with E-state index in [4.69, 9.17) is 0 Å². The molecule has 2 N–H and O–H groups in total. The van der Waals surface area contributed by atoms with Crippen LogP contribution in [0, 0.1) is 12.7 Å². The lowest BCUT2D eigenvalue weighted by molar-refractivity contribution is 0.628. The summed E-state index contributed by atoms with van der Waals surface area (Å²) in [4.78, 5) is 8.42. The molecule has 4 nitrogen and oxygen atoms in total. The second-order valence-corrected chi connectivity index (χ2v) is 4.25. The third kappa shape index (κ3) is 3.40. The highest BCUT2D eigenvalue weighted by Crippen LogP contribution is 2.22. The van der Waals surface area contributed by atoms with E-state index in [1.807, 2.05) is 6.92 Å². The summed E-state index contributed by atoms with van der Waals surface area (Å²) >= 11 is 0. The molecule has 0 aliphatic rings. The van der Waals surface area contributed by atoms with Gasteiger partial charge < -0.3 is 10.6 Å². The van der Waals surface area contributed by atoms with Crippen molar-refractivity contribution in [2.75, 3.05) is 17.2 Å². The Balaban J connectivity index is 2.18. The molecule has 19 heavy (non-hydrogen) atoms. The molecule has 0 radical (unpaired) electrons. The van der Waals surface area contributed by atoms with Crippen LogP contribution in [0.2, 0.25) is 0 Å². The summed E-state index contributed by atoms with van der Waals surface area (Å²) in [6.07, 6.45) is 2.54. The first-order chi connectivity index (χ1) is 9.20. The zero-order valence-electron chi connectivity index (χ0n) is 11.1. The zero-order chi connectivity index (χ0) is 13.7. The van der Waals surface area contributed by atoms with E-state index < -0.39 is 0 Å². The molecule has 1 aromatic carbocycles.